The molecule has 0 radical (unpaired) electrons. The summed E-state index contributed by atoms with van der Waals surface area (Å²) < 4.78 is 24.3. The fraction of sp³-hybridized carbons (Fsp3) is 1.00. The first kappa shape index (κ1) is 10.3. The van der Waals surface area contributed by atoms with Gasteiger partial charge in [0, 0.05) is 0 Å². The average Bonchev–Trinajstić information content (AvgIpc) is 1.81. The van der Waals surface area contributed by atoms with Crippen LogP contribution in [0.4, 0.5) is 0 Å². The molecule has 0 bridgehead atoms. The van der Waals surface area contributed by atoms with Gasteiger partial charge in [-0.3, -0.25) is 9.13 Å². The van der Waals surface area contributed by atoms with Crippen LogP contribution in [0.5, 0.6) is 0 Å². The van der Waals surface area contributed by atoms with Crippen molar-refractivity contribution >= 4 is 15.6 Å². The topological polar surface area (TPSA) is 104 Å². The predicted octanol–water partition coefficient (Wildman–Crippen LogP) is -0.437. The summed E-state index contributed by atoms with van der Waals surface area (Å²) in [6.45, 7) is 0. The fourth-order valence-corrected chi connectivity index (χ4v) is 1.54. The number of aliphatic hydroxyl groups is 1. The van der Waals surface area contributed by atoms with Crippen LogP contribution in [-0.2, 0) is 13.7 Å². The average molecular weight is 190 g/mol. The maximum Gasteiger partial charge on any atom is 0.351 e. The Balaban J connectivity index is 3.56. The van der Waals surface area contributed by atoms with Gasteiger partial charge in [-0.25, -0.2) is 0 Å². The van der Waals surface area contributed by atoms with Gasteiger partial charge in [0.25, 0.3) is 0 Å². The molecule has 0 aromatic carbocycles. The lowest BCUT2D eigenvalue weighted by Crippen LogP contribution is -1.89. The zero-order valence-electron chi connectivity index (χ0n) is 4.93. The molecule has 0 saturated heterocycles. The van der Waals surface area contributed by atoms with E-state index < -0.39 is 28.3 Å². The van der Waals surface area contributed by atoms with Crippen molar-refractivity contribution in [3.8, 4) is 0 Å². The Morgan fingerprint density at radius 2 is 2.00 bits per heavy atom. The SMILES string of the molecule is O=[PH](CO)OCP(=O)(O)O. The first-order valence-corrected chi connectivity index (χ1v) is 5.59. The molecule has 6 nitrogen and oxygen atoms in total. The molecule has 1 atom stereocenters. The fourth-order valence-electron chi connectivity index (χ4n) is 0.202. The van der Waals surface area contributed by atoms with Crippen molar-refractivity contribution in [2.75, 3.05) is 12.7 Å². The largest absolute Gasteiger partial charge is 0.387 e. The molecule has 62 valence electrons. The summed E-state index contributed by atoms with van der Waals surface area (Å²) in [6, 6.07) is 0. The Morgan fingerprint density at radius 1 is 1.50 bits per heavy atom. The summed E-state index contributed by atoms with van der Waals surface area (Å²) in [5.41, 5.74) is 0. The van der Waals surface area contributed by atoms with E-state index in [9.17, 15) is 9.13 Å². The molecule has 0 fully saturated rings. The minimum Gasteiger partial charge on any atom is -0.387 e. The van der Waals surface area contributed by atoms with Gasteiger partial charge in [-0.1, -0.05) is 0 Å². The molecule has 0 aromatic rings. The molecule has 0 aliphatic carbocycles. The highest BCUT2D eigenvalue weighted by Gasteiger charge is 2.14. The molecule has 0 aliphatic heterocycles. The van der Waals surface area contributed by atoms with Crippen LogP contribution in [0.1, 0.15) is 0 Å². The molecule has 8 heteroatoms. The van der Waals surface area contributed by atoms with Crippen LogP contribution in [0.2, 0.25) is 0 Å². The predicted molar refractivity (Wildman–Crippen MR) is 34.1 cm³/mol. The molecule has 0 saturated carbocycles. The smallest absolute Gasteiger partial charge is 0.351 e. The van der Waals surface area contributed by atoms with Crippen LogP contribution in [0.25, 0.3) is 0 Å². The molecule has 3 N–H and O–H groups in total. The van der Waals surface area contributed by atoms with Gasteiger partial charge >= 0.3 is 7.60 Å². The standard InChI is InChI=1S/C2H8O6P2/c3-1-9(4)8-2-10(5,6)7/h3,9H,1-2H2,(H2,5,6,7). The van der Waals surface area contributed by atoms with Crippen LogP contribution in [0, 0.1) is 0 Å². The summed E-state index contributed by atoms with van der Waals surface area (Å²) in [7, 11) is -6.89. The second kappa shape index (κ2) is 4.23. The number of hydrogen-bond acceptors (Lipinski definition) is 4. The summed E-state index contributed by atoms with van der Waals surface area (Å²) in [5, 5.41) is 8.09. The summed E-state index contributed by atoms with van der Waals surface area (Å²) >= 11 is 0. The maximum absolute atomic E-state index is 10.2. The lowest BCUT2D eigenvalue weighted by atomic mass is 11.7. The lowest BCUT2D eigenvalue weighted by molar-refractivity contribution is 0.285. The summed E-state index contributed by atoms with van der Waals surface area (Å²) in [6.07, 6.45) is -1.59. The maximum atomic E-state index is 10.2. The van der Waals surface area contributed by atoms with Crippen LogP contribution < -0.4 is 0 Å². The summed E-state index contributed by atoms with van der Waals surface area (Å²) in [4.78, 5) is 16.3. The van der Waals surface area contributed by atoms with Gasteiger partial charge in [0.05, 0.1) is 0 Å². The Morgan fingerprint density at radius 3 is 2.30 bits per heavy atom. The van der Waals surface area contributed by atoms with Crippen molar-refractivity contribution in [1.82, 2.24) is 0 Å². The lowest BCUT2D eigenvalue weighted by Gasteiger charge is -2.02. The van der Waals surface area contributed by atoms with Crippen LogP contribution in [0.3, 0.4) is 0 Å². The van der Waals surface area contributed by atoms with E-state index in [2.05, 4.69) is 4.52 Å². The highest BCUT2D eigenvalue weighted by Crippen LogP contribution is 2.38. The Labute approximate surface area is 57.9 Å². The Bertz CT molecular complexity index is 159. The van der Waals surface area contributed by atoms with Crippen LogP contribution >= 0.6 is 15.6 Å². The first-order valence-electron chi connectivity index (χ1n) is 2.27. The number of hydrogen-bond donors (Lipinski definition) is 3. The van der Waals surface area contributed by atoms with E-state index in [-0.39, 0.29) is 0 Å². The molecule has 0 heterocycles. The van der Waals surface area contributed by atoms with Crippen molar-refractivity contribution in [3.05, 3.63) is 0 Å². The molecule has 0 spiro atoms. The van der Waals surface area contributed by atoms with Crippen molar-refractivity contribution in [1.29, 1.82) is 0 Å². The van der Waals surface area contributed by atoms with Crippen molar-refractivity contribution < 1.29 is 28.5 Å². The Hall–Kier alpha value is 0.300. The van der Waals surface area contributed by atoms with Gasteiger partial charge in [-0.15, -0.1) is 0 Å². The van der Waals surface area contributed by atoms with E-state index in [4.69, 9.17) is 14.9 Å². The zero-order valence-corrected chi connectivity index (χ0v) is 6.82. The van der Waals surface area contributed by atoms with E-state index in [1.807, 2.05) is 0 Å². The molecule has 0 aliphatic rings. The normalized spacial score (nSPS) is 15.1. The van der Waals surface area contributed by atoms with Gasteiger partial charge < -0.3 is 19.4 Å². The van der Waals surface area contributed by atoms with Gasteiger partial charge in [0.15, 0.2) is 6.35 Å². The van der Waals surface area contributed by atoms with Crippen molar-refractivity contribution in [2.45, 2.75) is 0 Å². The van der Waals surface area contributed by atoms with Crippen LogP contribution in [-0.4, -0.2) is 27.6 Å². The quantitative estimate of drug-likeness (QED) is 0.519. The highest BCUT2D eigenvalue weighted by molar-refractivity contribution is 7.52. The van der Waals surface area contributed by atoms with E-state index >= 15 is 0 Å². The van der Waals surface area contributed by atoms with E-state index in [1.165, 1.54) is 0 Å². The third-order valence-electron chi connectivity index (χ3n) is 0.523. The van der Waals surface area contributed by atoms with E-state index in [0.717, 1.165) is 0 Å². The monoisotopic (exact) mass is 190 g/mol. The minimum absolute atomic E-state index is 0.690. The third-order valence-corrected chi connectivity index (χ3v) is 1.96. The molecule has 0 amide bonds. The molecule has 0 aromatic heterocycles. The molecule has 1 unspecified atom stereocenters. The first-order chi connectivity index (χ1) is 4.45. The molecule has 0 rings (SSSR count). The van der Waals surface area contributed by atoms with E-state index in [0.29, 0.717) is 0 Å². The highest BCUT2D eigenvalue weighted by atomic mass is 31.2. The molecular weight excluding hydrogens is 182 g/mol. The van der Waals surface area contributed by atoms with E-state index in [1.54, 1.807) is 0 Å². The molecular formula is C2H8O6P2. The zero-order chi connectivity index (χ0) is 8.20. The van der Waals surface area contributed by atoms with Gasteiger partial charge in [0.2, 0.25) is 8.03 Å². The molecule has 10 heavy (non-hydrogen) atoms. The second-order valence-corrected chi connectivity index (χ2v) is 4.40. The van der Waals surface area contributed by atoms with Gasteiger partial charge in [-0.05, 0) is 0 Å². The van der Waals surface area contributed by atoms with Crippen molar-refractivity contribution in [3.63, 3.8) is 0 Å². The second-order valence-electron chi connectivity index (χ2n) is 1.47. The van der Waals surface area contributed by atoms with Gasteiger partial charge in [0.1, 0.15) is 6.35 Å². The number of rotatable bonds is 4. The third kappa shape index (κ3) is 6.42. The summed E-state index contributed by atoms with van der Waals surface area (Å²) in [5.74, 6) is 0. The number of aliphatic hydroxyl groups excluding tert-OH is 1. The van der Waals surface area contributed by atoms with Gasteiger partial charge in [-0.2, -0.15) is 0 Å². The van der Waals surface area contributed by atoms with Crippen LogP contribution in [0.15, 0.2) is 0 Å². The van der Waals surface area contributed by atoms with Crippen molar-refractivity contribution in [2.24, 2.45) is 0 Å². The minimum atomic E-state index is -4.24. The Kier molecular flexibility index (Phi) is 4.36.